The van der Waals surface area contributed by atoms with Crippen LogP contribution in [0.3, 0.4) is 0 Å². The summed E-state index contributed by atoms with van der Waals surface area (Å²) < 4.78 is 5.93. The van der Waals surface area contributed by atoms with Crippen LogP contribution in [0.15, 0.2) is 24.3 Å². The molecule has 3 nitrogen and oxygen atoms in total. The smallest absolute Gasteiger partial charge is 0.119 e. The van der Waals surface area contributed by atoms with Crippen molar-refractivity contribution >= 4 is 12.4 Å². The van der Waals surface area contributed by atoms with Crippen LogP contribution in [0.2, 0.25) is 0 Å². The van der Waals surface area contributed by atoms with Crippen LogP contribution >= 0.6 is 12.4 Å². The first kappa shape index (κ1) is 18.3. The van der Waals surface area contributed by atoms with Crippen molar-refractivity contribution in [2.24, 2.45) is 0 Å². The van der Waals surface area contributed by atoms with Crippen molar-refractivity contribution in [3.63, 3.8) is 0 Å². The van der Waals surface area contributed by atoms with Gasteiger partial charge in [-0.1, -0.05) is 32.9 Å². The van der Waals surface area contributed by atoms with Gasteiger partial charge in [0.15, 0.2) is 0 Å². The van der Waals surface area contributed by atoms with Gasteiger partial charge in [-0.15, -0.1) is 12.4 Å². The molecule has 0 unspecified atom stereocenters. The molecule has 1 aliphatic heterocycles. The molecule has 4 heteroatoms. The maximum atomic E-state index is 5.93. The summed E-state index contributed by atoms with van der Waals surface area (Å²) in [5, 5.41) is 3.41. The van der Waals surface area contributed by atoms with E-state index in [1.54, 1.807) is 0 Å². The summed E-state index contributed by atoms with van der Waals surface area (Å²) in [4.78, 5) is 2.49. The Labute approximate surface area is 135 Å². The van der Waals surface area contributed by atoms with Crippen LogP contribution in [0.1, 0.15) is 33.3 Å². The lowest BCUT2D eigenvalue weighted by Gasteiger charge is -2.33. The van der Waals surface area contributed by atoms with Crippen molar-refractivity contribution in [3.8, 4) is 5.75 Å². The third kappa shape index (κ3) is 5.50. The molecule has 1 atom stereocenters. The summed E-state index contributed by atoms with van der Waals surface area (Å²) in [6.07, 6.45) is 0. The van der Waals surface area contributed by atoms with E-state index in [1.165, 1.54) is 5.56 Å². The molecular weight excluding hydrogens is 284 g/mol. The number of rotatable bonds is 4. The molecule has 0 aliphatic carbocycles. The fraction of sp³-hybridized carbons (Fsp3) is 0.647. The topological polar surface area (TPSA) is 24.5 Å². The first-order valence-corrected chi connectivity index (χ1v) is 7.65. The Hall–Kier alpha value is -0.770. The highest BCUT2D eigenvalue weighted by Crippen LogP contribution is 2.25. The first-order chi connectivity index (χ1) is 9.47. The zero-order valence-electron chi connectivity index (χ0n) is 13.7. The van der Waals surface area contributed by atoms with E-state index >= 15 is 0 Å². The second kappa shape index (κ2) is 8.02. The monoisotopic (exact) mass is 312 g/mol. The van der Waals surface area contributed by atoms with Gasteiger partial charge in [0, 0.05) is 32.2 Å². The minimum absolute atomic E-state index is 0. The second-order valence-corrected chi connectivity index (χ2v) is 6.72. The molecule has 1 fully saturated rings. The van der Waals surface area contributed by atoms with Crippen LogP contribution in [0, 0.1) is 0 Å². The highest BCUT2D eigenvalue weighted by atomic mass is 35.5. The Bertz CT molecular complexity index is 431. The van der Waals surface area contributed by atoms with Crippen LogP contribution in [0.5, 0.6) is 5.75 Å². The van der Waals surface area contributed by atoms with E-state index in [0.717, 1.165) is 38.5 Å². The van der Waals surface area contributed by atoms with Crippen molar-refractivity contribution in [1.82, 2.24) is 10.2 Å². The molecule has 1 aromatic carbocycles. The van der Waals surface area contributed by atoms with Crippen molar-refractivity contribution in [2.75, 3.05) is 32.8 Å². The molecule has 1 aliphatic rings. The fourth-order valence-corrected chi connectivity index (χ4v) is 2.55. The van der Waals surface area contributed by atoms with Gasteiger partial charge < -0.3 is 10.1 Å². The molecule has 1 N–H and O–H groups in total. The zero-order chi connectivity index (χ0) is 14.6. The highest BCUT2D eigenvalue weighted by Gasteiger charge is 2.17. The number of piperazine rings is 1. The quantitative estimate of drug-likeness (QED) is 0.924. The molecule has 120 valence electrons. The van der Waals surface area contributed by atoms with Crippen LogP contribution < -0.4 is 10.1 Å². The van der Waals surface area contributed by atoms with Crippen molar-refractivity contribution in [1.29, 1.82) is 0 Å². The minimum atomic E-state index is 0. The van der Waals surface area contributed by atoms with E-state index < -0.39 is 0 Å². The Balaban J connectivity index is 0.00000220. The molecule has 2 rings (SSSR count). The standard InChI is InChI=1S/C17H28N2O.ClH/c1-14-13-18-8-9-19(14)10-11-20-16-7-5-6-15(12-16)17(2,3)4;/h5-7,12,14,18H,8-11,13H2,1-4H3;1H/t14-;/m1./s1. The molecular formula is C17H29ClN2O. The van der Waals surface area contributed by atoms with E-state index in [2.05, 4.69) is 62.2 Å². The van der Waals surface area contributed by atoms with Gasteiger partial charge in [0.05, 0.1) is 0 Å². The van der Waals surface area contributed by atoms with Gasteiger partial charge >= 0.3 is 0 Å². The largest absolute Gasteiger partial charge is 0.492 e. The van der Waals surface area contributed by atoms with Crippen LogP contribution in [-0.2, 0) is 5.41 Å². The van der Waals surface area contributed by atoms with Gasteiger partial charge in [0.25, 0.3) is 0 Å². The van der Waals surface area contributed by atoms with Crippen molar-refractivity contribution in [2.45, 2.75) is 39.2 Å². The van der Waals surface area contributed by atoms with E-state index in [0.29, 0.717) is 6.04 Å². The predicted octanol–water partition coefficient (Wildman–Crippen LogP) is 3.08. The van der Waals surface area contributed by atoms with Gasteiger partial charge in [-0.2, -0.15) is 0 Å². The van der Waals surface area contributed by atoms with Gasteiger partial charge in [-0.05, 0) is 30.0 Å². The van der Waals surface area contributed by atoms with Crippen molar-refractivity contribution in [3.05, 3.63) is 29.8 Å². The lowest BCUT2D eigenvalue weighted by molar-refractivity contribution is 0.143. The van der Waals surface area contributed by atoms with Gasteiger partial charge in [-0.25, -0.2) is 0 Å². The molecule has 0 spiro atoms. The normalized spacial score (nSPS) is 19.9. The molecule has 0 amide bonds. The molecule has 1 saturated heterocycles. The number of halogens is 1. The Kier molecular flexibility index (Phi) is 6.98. The Morgan fingerprint density at radius 3 is 2.76 bits per heavy atom. The zero-order valence-corrected chi connectivity index (χ0v) is 14.5. The molecule has 0 radical (unpaired) electrons. The molecule has 0 saturated carbocycles. The number of nitrogens with zero attached hydrogens (tertiary/aromatic N) is 1. The highest BCUT2D eigenvalue weighted by molar-refractivity contribution is 5.85. The first-order valence-electron chi connectivity index (χ1n) is 7.65. The molecule has 1 aromatic rings. The lowest BCUT2D eigenvalue weighted by atomic mass is 9.87. The molecule has 21 heavy (non-hydrogen) atoms. The van der Waals surface area contributed by atoms with Crippen LogP contribution in [0.4, 0.5) is 0 Å². The summed E-state index contributed by atoms with van der Waals surface area (Å²) in [5.74, 6) is 0.986. The summed E-state index contributed by atoms with van der Waals surface area (Å²) in [7, 11) is 0. The van der Waals surface area contributed by atoms with Crippen molar-refractivity contribution < 1.29 is 4.74 Å². The molecule has 0 bridgehead atoms. The Morgan fingerprint density at radius 2 is 2.10 bits per heavy atom. The number of nitrogens with one attached hydrogen (secondary N) is 1. The summed E-state index contributed by atoms with van der Waals surface area (Å²) in [6, 6.07) is 9.08. The van der Waals surface area contributed by atoms with E-state index in [9.17, 15) is 0 Å². The van der Waals surface area contributed by atoms with E-state index in [-0.39, 0.29) is 17.8 Å². The third-order valence-corrected chi connectivity index (χ3v) is 3.99. The Morgan fingerprint density at radius 1 is 1.33 bits per heavy atom. The fourth-order valence-electron chi connectivity index (χ4n) is 2.55. The maximum Gasteiger partial charge on any atom is 0.119 e. The molecule has 0 aromatic heterocycles. The van der Waals surface area contributed by atoms with Gasteiger partial charge in [0.2, 0.25) is 0 Å². The SMILES string of the molecule is C[C@@H]1CNCCN1CCOc1cccc(C(C)(C)C)c1.Cl. The maximum absolute atomic E-state index is 5.93. The van der Waals surface area contributed by atoms with E-state index in [4.69, 9.17) is 4.74 Å². The summed E-state index contributed by atoms with van der Waals surface area (Å²) in [5.41, 5.74) is 1.50. The number of benzene rings is 1. The summed E-state index contributed by atoms with van der Waals surface area (Å²) >= 11 is 0. The number of hydrogen-bond acceptors (Lipinski definition) is 3. The second-order valence-electron chi connectivity index (χ2n) is 6.72. The average Bonchev–Trinajstić information content (AvgIpc) is 2.40. The molecule has 1 heterocycles. The number of ether oxygens (including phenoxy) is 1. The van der Waals surface area contributed by atoms with E-state index in [1.807, 2.05) is 0 Å². The third-order valence-electron chi connectivity index (χ3n) is 3.99. The average molecular weight is 313 g/mol. The van der Waals surface area contributed by atoms with Gasteiger partial charge in [-0.3, -0.25) is 4.90 Å². The summed E-state index contributed by atoms with van der Waals surface area (Å²) in [6.45, 7) is 14.0. The predicted molar refractivity (Wildman–Crippen MR) is 91.8 cm³/mol. The lowest BCUT2D eigenvalue weighted by Crippen LogP contribution is -2.50. The minimum Gasteiger partial charge on any atom is -0.492 e. The van der Waals surface area contributed by atoms with Crippen LogP contribution in [-0.4, -0.2) is 43.7 Å². The number of hydrogen-bond donors (Lipinski definition) is 1. The van der Waals surface area contributed by atoms with Crippen LogP contribution in [0.25, 0.3) is 0 Å². The van der Waals surface area contributed by atoms with Gasteiger partial charge in [0.1, 0.15) is 12.4 Å².